The largest absolute Gasteiger partial charge is 0.375 e. The normalized spacial score (nSPS) is 28.8. The first-order chi connectivity index (χ1) is 8.29. The molecule has 2 aliphatic rings. The van der Waals surface area contributed by atoms with Gasteiger partial charge in [0.2, 0.25) is 0 Å². The van der Waals surface area contributed by atoms with Crippen molar-refractivity contribution in [1.29, 1.82) is 0 Å². The second-order valence-corrected chi connectivity index (χ2v) is 6.32. The van der Waals surface area contributed by atoms with E-state index in [0.29, 0.717) is 5.92 Å². The van der Waals surface area contributed by atoms with Crippen molar-refractivity contribution in [2.45, 2.75) is 51.0 Å². The topological polar surface area (TPSA) is 42.1 Å². The van der Waals surface area contributed by atoms with Crippen molar-refractivity contribution in [2.24, 2.45) is 0 Å². The van der Waals surface area contributed by atoms with Gasteiger partial charge in [0.1, 0.15) is 0 Å². The van der Waals surface area contributed by atoms with Gasteiger partial charge in [-0.05, 0) is 45.2 Å². The fourth-order valence-electron chi connectivity index (χ4n) is 3.52. The lowest BCUT2D eigenvalue weighted by atomic mass is 9.80. The maximum Gasteiger partial charge on any atom is 0.180 e. The highest BCUT2D eigenvalue weighted by molar-refractivity contribution is 7.15. The molecule has 0 radical (unpaired) electrons. The lowest BCUT2D eigenvalue weighted by Crippen LogP contribution is -2.46. The van der Waals surface area contributed by atoms with Gasteiger partial charge in [0.25, 0.3) is 0 Å². The number of piperidine rings is 1. The highest BCUT2D eigenvalue weighted by Gasteiger charge is 2.37. The predicted octanol–water partition coefficient (Wildman–Crippen LogP) is 2.63. The Morgan fingerprint density at radius 1 is 1.47 bits per heavy atom. The molecule has 94 valence electrons. The highest BCUT2D eigenvalue weighted by Crippen LogP contribution is 2.43. The summed E-state index contributed by atoms with van der Waals surface area (Å²) in [6, 6.07) is 0.760. The van der Waals surface area contributed by atoms with Crippen LogP contribution in [0.3, 0.4) is 0 Å². The van der Waals surface area contributed by atoms with Crippen LogP contribution >= 0.6 is 11.3 Å². The van der Waals surface area contributed by atoms with Crippen molar-refractivity contribution in [1.82, 2.24) is 9.88 Å². The van der Waals surface area contributed by atoms with Gasteiger partial charge >= 0.3 is 0 Å². The zero-order valence-electron chi connectivity index (χ0n) is 10.5. The lowest BCUT2D eigenvalue weighted by Gasteiger charge is -2.43. The molecule has 1 saturated heterocycles. The van der Waals surface area contributed by atoms with Crippen LogP contribution in [0, 0.1) is 0 Å². The predicted molar refractivity (Wildman–Crippen MR) is 72.5 cm³/mol. The molecule has 2 N–H and O–H groups in total. The van der Waals surface area contributed by atoms with Crippen LogP contribution in [0.4, 0.5) is 5.13 Å². The highest BCUT2D eigenvalue weighted by atomic mass is 32.1. The van der Waals surface area contributed by atoms with E-state index in [-0.39, 0.29) is 0 Å². The Labute approximate surface area is 107 Å². The number of aryl methyl sites for hydroxylation is 1. The number of nitrogen functional groups attached to an aromatic ring is 1. The quantitative estimate of drug-likeness (QED) is 0.878. The number of nitrogens with zero attached hydrogens (tertiary/aromatic N) is 2. The summed E-state index contributed by atoms with van der Waals surface area (Å²) >= 11 is 1.74. The number of likely N-dealkylation sites (tertiary alicyclic amines) is 1. The monoisotopic (exact) mass is 251 g/mol. The van der Waals surface area contributed by atoms with Gasteiger partial charge < -0.3 is 5.73 Å². The van der Waals surface area contributed by atoms with Crippen LogP contribution in [0.5, 0.6) is 0 Å². The minimum Gasteiger partial charge on any atom is -0.375 e. The molecule has 0 bridgehead atoms. The fourth-order valence-corrected chi connectivity index (χ4v) is 4.59. The summed E-state index contributed by atoms with van der Waals surface area (Å²) in [6.45, 7) is 4.83. The number of hydrogen-bond acceptors (Lipinski definition) is 4. The second-order valence-electron chi connectivity index (χ2n) is 5.25. The van der Waals surface area contributed by atoms with Crippen LogP contribution in [-0.2, 0) is 6.42 Å². The Morgan fingerprint density at radius 2 is 2.35 bits per heavy atom. The zero-order chi connectivity index (χ0) is 11.8. The Morgan fingerprint density at radius 3 is 3.18 bits per heavy atom. The number of fused-ring (bicyclic) bond motifs is 3. The van der Waals surface area contributed by atoms with E-state index in [1.54, 1.807) is 11.3 Å². The summed E-state index contributed by atoms with van der Waals surface area (Å²) in [7, 11) is 0. The third kappa shape index (κ3) is 1.97. The average molecular weight is 251 g/mol. The third-order valence-electron chi connectivity index (χ3n) is 4.16. The van der Waals surface area contributed by atoms with Gasteiger partial charge in [0.05, 0.1) is 5.69 Å². The number of thiazole rings is 1. The Bertz CT molecular complexity index is 399. The van der Waals surface area contributed by atoms with E-state index >= 15 is 0 Å². The van der Waals surface area contributed by atoms with Crippen molar-refractivity contribution in [3.63, 3.8) is 0 Å². The molecular formula is C13H21N3S. The Hall–Kier alpha value is -0.610. The molecule has 1 aliphatic carbocycles. The average Bonchev–Trinajstić information content (AvgIpc) is 2.70. The second kappa shape index (κ2) is 4.58. The fraction of sp³-hybridized carbons (Fsp3) is 0.769. The van der Waals surface area contributed by atoms with Crippen molar-refractivity contribution in [3.05, 3.63) is 10.6 Å². The summed E-state index contributed by atoms with van der Waals surface area (Å²) < 4.78 is 0. The maximum absolute atomic E-state index is 5.87. The summed E-state index contributed by atoms with van der Waals surface area (Å²) in [6.07, 6.45) is 6.34. The van der Waals surface area contributed by atoms with E-state index in [1.165, 1.54) is 49.3 Å². The van der Waals surface area contributed by atoms with E-state index < -0.39 is 0 Å². The number of anilines is 1. The molecule has 1 fully saturated rings. The zero-order valence-corrected chi connectivity index (χ0v) is 11.3. The molecule has 1 aliphatic heterocycles. The third-order valence-corrected chi connectivity index (χ3v) is 5.22. The van der Waals surface area contributed by atoms with Crippen molar-refractivity contribution in [3.8, 4) is 0 Å². The molecule has 3 rings (SSSR count). The first-order valence-corrected chi connectivity index (χ1v) is 7.60. The number of hydrogen-bond donors (Lipinski definition) is 1. The van der Waals surface area contributed by atoms with Gasteiger partial charge in [0, 0.05) is 16.8 Å². The van der Waals surface area contributed by atoms with Gasteiger partial charge in [0.15, 0.2) is 5.13 Å². The Kier molecular flexibility index (Phi) is 3.09. The summed E-state index contributed by atoms with van der Waals surface area (Å²) in [5.74, 6) is 0.717. The molecule has 0 aromatic carbocycles. The van der Waals surface area contributed by atoms with Crippen LogP contribution in [-0.4, -0.2) is 29.0 Å². The number of rotatable bonds is 2. The maximum atomic E-state index is 5.87. The van der Waals surface area contributed by atoms with Gasteiger partial charge in [-0.15, -0.1) is 11.3 Å². The van der Waals surface area contributed by atoms with Crippen LogP contribution in [0.25, 0.3) is 0 Å². The van der Waals surface area contributed by atoms with Crippen molar-refractivity contribution in [2.75, 3.05) is 18.8 Å². The molecule has 2 atom stereocenters. The molecule has 17 heavy (non-hydrogen) atoms. The summed E-state index contributed by atoms with van der Waals surface area (Å²) in [4.78, 5) is 8.69. The lowest BCUT2D eigenvalue weighted by molar-refractivity contribution is 0.114. The van der Waals surface area contributed by atoms with Crippen LogP contribution < -0.4 is 5.73 Å². The summed E-state index contributed by atoms with van der Waals surface area (Å²) in [5.41, 5.74) is 7.17. The van der Waals surface area contributed by atoms with Crippen molar-refractivity contribution < 1.29 is 0 Å². The van der Waals surface area contributed by atoms with E-state index in [9.17, 15) is 0 Å². The Balaban J connectivity index is 1.87. The van der Waals surface area contributed by atoms with E-state index in [0.717, 1.165) is 17.6 Å². The van der Waals surface area contributed by atoms with Gasteiger partial charge in [-0.1, -0.05) is 6.92 Å². The van der Waals surface area contributed by atoms with Gasteiger partial charge in [-0.25, -0.2) is 4.98 Å². The number of aromatic nitrogens is 1. The van der Waals surface area contributed by atoms with E-state index in [1.807, 2.05) is 0 Å². The van der Waals surface area contributed by atoms with Gasteiger partial charge in [-0.3, -0.25) is 4.90 Å². The van der Waals surface area contributed by atoms with Crippen LogP contribution in [0.2, 0.25) is 0 Å². The van der Waals surface area contributed by atoms with Crippen molar-refractivity contribution >= 4 is 16.5 Å². The molecule has 1 aromatic rings. The molecule has 1 aromatic heterocycles. The smallest absolute Gasteiger partial charge is 0.180 e. The minimum absolute atomic E-state index is 0.717. The molecule has 0 saturated carbocycles. The van der Waals surface area contributed by atoms with E-state index in [2.05, 4.69) is 16.8 Å². The SMILES string of the molecule is CCCN1CCCC2c3sc(N)nc3CCC21. The molecule has 4 heteroatoms. The summed E-state index contributed by atoms with van der Waals surface area (Å²) in [5, 5.41) is 0.767. The first kappa shape index (κ1) is 11.5. The molecule has 2 unspecified atom stereocenters. The van der Waals surface area contributed by atoms with Crippen LogP contribution in [0.15, 0.2) is 0 Å². The molecule has 3 nitrogen and oxygen atoms in total. The van der Waals surface area contributed by atoms with Crippen LogP contribution in [0.1, 0.15) is 49.1 Å². The molecule has 0 amide bonds. The molecule has 0 spiro atoms. The minimum atomic E-state index is 0.717. The van der Waals surface area contributed by atoms with E-state index in [4.69, 9.17) is 5.73 Å². The van der Waals surface area contributed by atoms with Gasteiger partial charge in [-0.2, -0.15) is 0 Å². The molecular weight excluding hydrogens is 230 g/mol. The standard InChI is InChI=1S/C13H21N3S/c1-2-7-16-8-3-4-9-11(16)6-5-10-12(9)17-13(14)15-10/h9,11H,2-8H2,1H3,(H2,14,15). The molecule has 2 heterocycles. The first-order valence-electron chi connectivity index (χ1n) is 6.78. The number of nitrogens with two attached hydrogens (primary N) is 1.